The lowest BCUT2D eigenvalue weighted by molar-refractivity contribution is -0.134. The van der Waals surface area contributed by atoms with Gasteiger partial charge in [-0.1, -0.05) is 13.8 Å². The number of aliphatic hydroxyl groups is 2. The minimum Gasteiger partial charge on any atom is -0.393 e. The number of fused-ring (bicyclic) bond motifs is 5. The molecule has 0 aliphatic heterocycles. The van der Waals surface area contributed by atoms with E-state index in [9.17, 15) is 10.2 Å². The van der Waals surface area contributed by atoms with Crippen molar-refractivity contribution in [3.8, 4) is 0 Å². The fourth-order valence-electron chi connectivity index (χ4n) is 7.52. The van der Waals surface area contributed by atoms with Gasteiger partial charge in [-0.25, -0.2) is 0 Å². The van der Waals surface area contributed by atoms with E-state index in [1.54, 1.807) is 0 Å². The fourth-order valence-corrected chi connectivity index (χ4v) is 7.52. The summed E-state index contributed by atoms with van der Waals surface area (Å²) >= 11 is 0. The summed E-state index contributed by atoms with van der Waals surface area (Å²) in [5.74, 6) is 4.17. The zero-order valence-electron chi connectivity index (χ0n) is 14.4. The Balaban J connectivity index is 1.58. The van der Waals surface area contributed by atoms with E-state index >= 15 is 0 Å². The predicted octanol–water partition coefficient (Wildman–Crippen LogP) is 4.14. The quantitative estimate of drug-likeness (QED) is 0.764. The SMILES string of the molecule is CC[C@]1(O)CC[C@H]2[C@@H]3CC[C@@H]4C[C@@H](O)CC[C@@H]4[C@H]3CC[C@@]21C. The van der Waals surface area contributed by atoms with Crippen LogP contribution in [-0.4, -0.2) is 21.9 Å². The molecule has 2 heteroatoms. The van der Waals surface area contributed by atoms with Gasteiger partial charge in [0, 0.05) is 0 Å². The molecule has 4 saturated carbocycles. The number of hydrogen-bond donors (Lipinski definition) is 2. The van der Waals surface area contributed by atoms with Crippen LogP contribution >= 0.6 is 0 Å². The lowest BCUT2D eigenvalue weighted by atomic mass is 9.49. The van der Waals surface area contributed by atoms with Crippen LogP contribution in [0.4, 0.5) is 0 Å². The van der Waals surface area contributed by atoms with Crippen LogP contribution in [0.25, 0.3) is 0 Å². The number of hydrogen-bond acceptors (Lipinski definition) is 2. The van der Waals surface area contributed by atoms with E-state index in [1.807, 2.05) is 0 Å². The fraction of sp³-hybridized carbons (Fsp3) is 1.00. The highest BCUT2D eigenvalue weighted by atomic mass is 16.3. The molecule has 8 atom stereocenters. The second-order valence-electron chi connectivity index (χ2n) is 9.28. The van der Waals surface area contributed by atoms with Gasteiger partial charge < -0.3 is 10.2 Å². The molecule has 0 amide bonds. The van der Waals surface area contributed by atoms with Gasteiger partial charge in [-0.05, 0) is 99.2 Å². The normalized spacial score (nSPS) is 57.8. The van der Waals surface area contributed by atoms with E-state index < -0.39 is 5.60 Å². The highest BCUT2D eigenvalue weighted by Crippen LogP contribution is 2.65. The lowest BCUT2D eigenvalue weighted by Gasteiger charge is -2.57. The first kappa shape index (κ1) is 15.4. The van der Waals surface area contributed by atoms with Crippen molar-refractivity contribution >= 4 is 0 Å². The molecule has 4 aliphatic carbocycles. The first-order valence-electron chi connectivity index (χ1n) is 9.89. The molecular formula is C20H34O2. The van der Waals surface area contributed by atoms with E-state index in [-0.39, 0.29) is 11.5 Å². The van der Waals surface area contributed by atoms with Gasteiger partial charge in [0.15, 0.2) is 0 Å². The zero-order chi connectivity index (χ0) is 15.5. The van der Waals surface area contributed by atoms with Crippen LogP contribution in [0.1, 0.15) is 78.1 Å². The summed E-state index contributed by atoms with van der Waals surface area (Å²) < 4.78 is 0. The predicted molar refractivity (Wildman–Crippen MR) is 88.4 cm³/mol. The average Bonchev–Trinajstić information content (AvgIpc) is 2.79. The Morgan fingerprint density at radius 1 is 0.909 bits per heavy atom. The van der Waals surface area contributed by atoms with Crippen molar-refractivity contribution < 1.29 is 10.2 Å². The molecule has 0 aromatic carbocycles. The standard InChI is InChI=1S/C20H34O2/c1-3-20(22)11-9-18-17-6-4-13-12-14(21)5-7-15(13)16(17)8-10-19(18,20)2/h13-18,21-22H,3-12H2,1-2H3/t13-,14+,15+,16-,17-,18+,19+,20+/m1/s1. The molecule has 0 aromatic rings. The Morgan fingerprint density at radius 2 is 1.68 bits per heavy atom. The van der Waals surface area contributed by atoms with E-state index in [1.165, 1.54) is 38.5 Å². The minimum atomic E-state index is -0.401. The second-order valence-corrected chi connectivity index (χ2v) is 9.28. The van der Waals surface area contributed by atoms with Crippen LogP contribution in [0.2, 0.25) is 0 Å². The van der Waals surface area contributed by atoms with Crippen molar-refractivity contribution in [3.05, 3.63) is 0 Å². The van der Waals surface area contributed by atoms with Gasteiger partial charge in [0.1, 0.15) is 0 Å². The molecule has 2 N–H and O–H groups in total. The summed E-state index contributed by atoms with van der Waals surface area (Å²) in [4.78, 5) is 0. The first-order chi connectivity index (χ1) is 10.5. The minimum absolute atomic E-state index is 0.0247. The van der Waals surface area contributed by atoms with Crippen molar-refractivity contribution in [2.24, 2.45) is 35.0 Å². The molecule has 4 aliphatic rings. The second kappa shape index (κ2) is 5.21. The molecule has 0 unspecified atom stereocenters. The summed E-state index contributed by atoms with van der Waals surface area (Å²) in [5.41, 5.74) is -0.230. The van der Waals surface area contributed by atoms with Gasteiger partial charge in [-0.3, -0.25) is 0 Å². The molecule has 0 bridgehead atoms. The van der Waals surface area contributed by atoms with Crippen molar-refractivity contribution in [2.45, 2.75) is 89.8 Å². The third-order valence-electron chi connectivity index (χ3n) is 8.83. The van der Waals surface area contributed by atoms with Crippen LogP contribution in [0, 0.1) is 35.0 Å². The van der Waals surface area contributed by atoms with E-state index in [0.717, 1.165) is 55.3 Å². The molecule has 0 saturated heterocycles. The van der Waals surface area contributed by atoms with E-state index in [2.05, 4.69) is 13.8 Å². The van der Waals surface area contributed by atoms with Crippen LogP contribution < -0.4 is 0 Å². The van der Waals surface area contributed by atoms with Crippen molar-refractivity contribution in [2.75, 3.05) is 0 Å². The smallest absolute Gasteiger partial charge is 0.0701 e. The monoisotopic (exact) mass is 306 g/mol. The average molecular weight is 306 g/mol. The number of rotatable bonds is 1. The van der Waals surface area contributed by atoms with Gasteiger partial charge in [0.05, 0.1) is 11.7 Å². The van der Waals surface area contributed by atoms with Gasteiger partial charge in [0.2, 0.25) is 0 Å². The Kier molecular flexibility index (Phi) is 3.66. The molecular weight excluding hydrogens is 272 g/mol. The van der Waals surface area contributed by atoms with Crippen LogP contribution in [0.15, 0.2) is 0 Å². The highest BCUT2D eigenvalue weighted by Gasteiger charge is 2.61. The maximum atomic E-state index is 11.2. The molecule has 126 valence electrons. The Labute approximate surface area is 135 Å². The third-order valence-corrected chi connectivity index (χ3v) is 8.83. The largest absolute Gasteiger partial charge is 0.393 e. The molecule has 0 aromatic heterocycles. The maximum Gasteiger partial charge on any atom is 0.0701 e. The van der Waals surface area contributed by atoms with Crippen molar-refractivity contribution in [1.29, 1.82) is 0 Å². The Morgan fingerprint density at radius 3 is 2.45 bits per heavy atom. The van der Waals surface area contributed by atoms with Crippen molar-refractivity contribution in [1.82, 2.24) is 0 Å². The van der Waals surface area contributed by atoms with Crippen LogP contribution in [0.5, 0.6) is 0 Å². The van der Waals surface area contributed by atoms with Crippen LogP contribution in [0.3, 0.4) is 0 Å². The summed E-state index contributed by atoms with van der Waals surface area (Å²) in [6, 6.07) is 0. The van der Waals surface area contributed by atoms with Crippen molar-refractivity contribution in [3.63, 3.8) is 0 Å². The maximum absolute atomic E-state index is 11.2. The van der Waals surface area contributed by atoms with Gasteiger partial charge in [0.25, 0.3) is 0 Å². The molecule has 2 nitrogen and oxygen atoms in total. The summed E-state index contributed by atoms with van der Waals surface area (Å²) in [6.45, 7) is 4.58. The molecule has 4 fully saturated rings. The molecule has 0 radical (unpaired) electrons. The zero-order valence-corrected chi connectivity index (χ0v) is 14.4. The third kappa shape index (κ3) is 1.99. The highest BCUT2D eigenvalue weighted by molar-refractivity contribution is 5.11. The summed E-state index contributed by atoms with van der Waals surface area (Å²) in [5, 5.41) is 21.2. The Hall–Kier alpha value is -0.0800. The molecule has 0 spiro atoms. The van der Waals surface area contributed by atoms with Gasteiger partial charge in [-0.15, -0.1) is 0 Å². The molecule has 22 heavy (non-hydrogen) atoms. The van der Waals surface area contributed by atoms with E-state index in [4.69, 9.17) is 0 Å². The molecule has 4 rings (SSSR count). The first-order valence-corrected chi connectivity index (χ1v) is 9.89. The topological polar surface area (TPSA) is 40.5 Å². The van der Waals surface area contributed by atoms with E-state index in [0.29, 0.717) is 0 Å². The Bertz CT molecular complexity index is 435. The number of aliphatic hydroxyl groups excluding tert-OH is 1. The van der Waals surface area contributed by atoms with Gasteiger partial charge >= 0.3 is 0 Å². The van der Waals surface area contributed by atoms with Gasteiger partial charge in [-0.2, -0.15) is 0 Å². The lowest BCUT2D eigenvalue weighted by Crippen LogP contribution is -2.53. The molecule has 0 heterocycles. The summed E-state index contributed by atoms with van der Waals surface area (Å²) in [7, 11) is 0. The van der Waals surface area contributed by atoms with Crippen LogP contribution in [-0.2, 0) is 0 Å². The summed E-state index contributed by atoms with van der Waals surface area (Å²) in [6.07, 6.45) is 11.8.